The third kappa shape index (κ3) is 6.37. The summed E-state index contributed by atoms with van der Waals surface area (Å²) in [5.41, 5.74) is 1.96. The van der Waals surface area contributed by atoms with Crippen LogP contribution in [-0.2, 0) is 20.9 Å². The van der Waals surface area contributed by atoms with E-state index in [0.29, 0.717) is 6.54 Å². The molecule has 28 heavy (non-hydrogen) atoms. The van der Waals surface area contributed by atoms with E-state index < -0.39 is 5.97 Å². The minimum Gasteiger partial charge on any atom is -0.452 e. The third-order valence-corrected chi connectivity index (χ3v) is 4.80. The van der Waals surface area contributed by atoms with Crippen LogP contribution in [0.2, 0.25) is 0 Å². The Bertz CT molecular complexity index is 790. The second-order valence-electron chi connectivity index (χ2n) is 7.05. The lowest BCUT2D eigenvalue weighted by molar-refractivity contribution is -0.148. The highest BCUT2D eigenvalue weighted by Crippen LogP contribution is 2.11. The third-order valence-electron chi connectivity index (χ3n) is 4.80. The summed E-state index contributed by atoms with van der Waals surface area (Å²) in [6.07, 6.45) is 12.1. The molecule has 1 aliphatic heterocycles. The van der Waals surface area contributed by atoms with E-state index in [4.69, 9.17) is 4.74 Å². The fraction of sp³-hybridized carbons (Fsp3) is 0.409. The molecule has 3 rings (SSSR count). The highest BCUT2D eigenvalue weighted by atomic mass is 16.5. The van der Waals surface area contributed by atoms with Crippen LogP contribution >= 0.6 is 0 Å². The van der Waals surface area contributed by atoms with Crippen LogP contribution in [0, 0.1) is 0 Å². The number of benzene rings is 1. The molecule has 2 aromatic rings. The summed E-state index contributed by atoms with van der Waals surface area (Å²) in [5, 5.41) is 4.29. The van der Waals surface area contributed by atoms with Crippen molar-refractivity contribution >= 4 is 18.0 Å². The Morgan fingerprint density at radius 1 is 1.04 bits per heavy atom. The molecule has 0 radical (unpaired) electrons. The van der Waals surface area contributed by atoms with Gasteiger partial charge in [0.25, 0.3) is 5.91 Å². The Hall–Kier alpha value is -2.89. The van der Waals surface area contributed by atoms with Gasteiger partial charge < -0.3 is 9.64 Å². The molecule has 0 saturated carbocycles. The van der Waals surface area contributed by atoms with Gasteiger partial charge in [0.1, 0.15) is 0 Å². The van der Waals surface area contributed by atoms with Crippen LogP contribution in [0.1, 0.15) is 43.2 Å². The van der Waals surface area contributed by atoms with Crippen LogP contribution < -0.4 is 0 Å². The van der Waals surface area contributed by atoms with Gasteiger partial charge in [-0.1, -0.05) is 49.6 Å². The number of carbonyl (C=O) groups excluding carboxylic acids is 2. The van der Waals surface area contributed by atoms with E-state index in [9.17, 15) is 9.59 Å². The van der Waals surface area contributed by atoms with Gasteiger partial charge in [0.2, 0.25) is 0 Å². The Kier molecular flexibility index (Phi) is 7.41. The quantitative estimate of drug-likeness (QED) is 0.569. The standard InChI is InChI=1S/C22H27N3O3/c26-21(24-13-7-2-1-3-8-14-24)18-28-22(27)12-11-20-15-23-25(17-20)16-19-9-5-4-6-10-19/h4-6,9-12,15,17H,1-3,7-8,13-14,16,18H2/b12-11+. The van der Waals surface area contributed by atoms with Gasteiger partial charge in [-0.15, -0.1) is 0 Å². The number of rotatable bonds is 6. The van der Waals surface area contributed by atoms with E-state index in [1.54, 1.807) is 12.3 Å². The molecule has 0 spiro atoms. The minimum absolute atomic E-state index is 0.112. The van der Waals surface area contributed by atoms with Crippen LogP contribution in [0.5, 0.6) is 0 Å². The summed E-state index contributed by atoms with van der Waals surface area (Å²) in [6, 6.07) is 10.0. The molecule has 2 heterocycles. The predicted octanol–water partition coefficient (Wildman–Crippen LogP) is 3.28. The molecule has 1 aromatic carbocycles. The van der Waals surface area contributed by atoms with Gasteiger partial charge in [-0.25, -0.2) is 4.79 Å². The Labute approximate surface area is 165 Å². The summed E-state index contributed by atoms with van der Waals surface area (Å²) in [5.74, 6) is -0.629. The van der Waals surface area contributed by atoms with E-state index in [0.717, 1.165) is 49.9 Å². The SMILES string of the molecule is O=C(/C=C/c1cnn(Cc2ccccc2)c1)OCC(=O)N1CCCCCCC1. The van der Waals surface area contributed by atoms with Gasteiger partial charge in [0.15, 0.2) is 6.61 Å². The summed E-state index contributed by atoms with van der Waals surface area (Å²) >= 11 is 0. The molecule has 6 heteroatoms. The van der Waals surface area contributed by atoms with Crippen LogP contribution in [0.4, 0.5) is 0 Å². The number of likely N-dealkylation sites (tertiary alicyclic amines) is 1. The Morgan fingerprint density at radius 3 is 2.50 bits per heavy atom. The van der Waals surface area contributed by atoms with Crippen molar-refractivity contribution in [2.45, 2.75) is 38.6 Å². The molecule has 1 fully saturated rings. The lowest BCUT2D eigenvalue weighted by Gasteiger charge is -2.24. The van der Waals surface area contributed by atoms with Gasteiger partial charge in [-0.2, -0.15) is 5.10 Å². The molecular formula is C22H27N3O3. The summed E-state index contributed by atoms with van der Waals surface area (Å²) < 4.78 is 6.92. The summed E-state index contributed by atoms with van der Waals surface area (Å²) in [7, 11) is 0. The van der Waals surface area contributed by atoms with Crippen molar-refractivity contribution in [2.75, 3.05) is 19.7 Å². The van der Waals surface area contributed by atoms with Crippen molar-refractivity contribution in [1.82, 2.24) is 14.7 Å². The second kappa shape index (κ2) is 10.4. The Balaban J connectivity index is 1.44. The van der Waals surface area contributed by atoms with Crippen LogP contribution in [0.25, 0.3) is 6.08 Å². The number of nitrogens with zero attached hydrogens (tertiary/aromatic N) is 3. The number of hydrogen-bond donors (Lipinski definition) is 0. The monoisotopic (exact) mass is 381 g/mol. The van der Waals surface area contributed by atoms with Crippen LogP contribution in [-0.4, -0.2) is 46.3 Å². The van der Waals surface area contributed by atoms with Crippen molar-refractivity contribution < 1.29 is 14.3 Å². The summed E-state index contributed by atoms with van der Waals surface area (Å²) in [6.45, 7) is 1.99. The maximum atomic E-state index is 12.2. The fourth-order valence-electron chi connectivity index (χ4n) is 3.26. The molecule has 1 amide bonds. The van der Waals surface area contributed by atoms with E-state index >= 15 is 0 Å². The average molecular weight is 381 g/mol. The molecule has 6 nitrogen and oxygen atoms in total. The molecule has 0 bridgehead atoms. The zero-order chi connectivity index (χ0) is 19.6. The van der Waals surface area contributed by atoms with Crippen molar-refractivity contribution in [2.24, 2.45) is 0 Å². The normalized spacial score (nSPS) is 15.2. The number of carbonyl (C=O) groups is 2. The number of aromatic nitrogens is 2. The maximum absolute atomic E-state index is 12.2. The van der Waals surface area contributed by atoms with Gasteiger partial charge in [-0.3, -0.25) is 9.48 Å². The van der Waals surface area contributed by atoms with Gasteiger partial charge in [0.05, 0.1) is 12.7 Å². The van der Waals surface area contributed by atoms with Crippen molar-refractivity contribution in [3.63, 3.8) is 0 Å². The smallest absolute Gasteiger partial charge is 0.331 e. The number of ether oxygens (including phenoxy) is 1. The zero-order valence-electron chi connectivity index (χ0n) is 16.1. The molecule has 148 valence electrons. The van der Waals surface area contributed by atoms with Crippen molar-refractivity contribution in [3.05, 3.63) is 59.9 Å². The molecule has 1 aromatic heterocycles. The molecule has 0 aliphatic carbocycles. The minimum atomic E-state index is -0.517. The Morgan fingerprint density at radius 2 is 1.75 bits per heavy atom. The molecule has 0 N–H and O–H groups in total. The number of amides is 1. The lowest BCUT2D eigenvalue weighted by atomic mass is 10.1. The van der Waals surface area contributed by atoms with Gasteiger partial charge in [-0.05, 0) is 24.5 Å². The van der Waals surface area contributed by atoms with E-state index in [1.165, 1.54) is 12.5 Å². The topological polar surface area (TPSA) is 64.4 Å². The van der Waals surface area contributed by atoms with Crippen LogP contribution in [0.3, 0.4) is 0 Å². The highest BCUT2D eigenvalue weighted by Gasteiger charge is 2.15. The zero-order valence-corrected chi connectivity index (χ0v) is 16.1. The molecule has 0 atom stereocenters. The molecule has 0 unspecified atom stereocenters. The van der Waals surface area contributed by atoms with Gasteiger partial charge in [0, 0.05) is 30.9 Å². The predicted molar refractivity (Wildman–Crippen MR) is 107 cm³/mol. The molecule has 1 aliphatic rings. The highest BCUT2D eigenvalue weighted by molar-refractivity contribution is 5.89. The van der Waals surface area contributed by atoms with Crippen molar-refractivity contribution in [3.8, 4) is 0 Å². The first-order valence-corrected chi connectivity index (χ1v) is 9.90. The second-order valence-corrected chi connectivity index (χ2v) is 7.05. The molecular weight excluding hydrogens is 354 g/mol. The largest absolute Gasteiger partial charge is 0.452 e. The summed E-state index contributed by atoms with van der Waals surface area (Å²) in [4.78, 5) is 26.0. The van der Waals surface area contributed by atoms with Gasteiger partial charge >= 0.3 is 5.97 Å². The fourth-order valence-corrected chi connectivity index (χ4v) is 3.26. The molecule has 1 saturated heterocycles. The van der Waals surface area contributed by atoms with E-state index in [-0.39, 0.29) is 12.5 Å². The average Bonchev–Trinajstić information content (AvgIpc) is 3.12. The first kappa shape index (κ1) is 19.9. The van der Waals surface area contributed by atoms with Crippen molar-refractivity contribution in [1.29, 1.82) is 0 Å². The maximum Gasteiger partial charge on any atom is 0.331 e. The number of esters is 1. The van der Waals surface area contributed by atoms with E-state index in [1.807, 2.05) is 46.1 Å². The first-order valence-electron chi connectivity index (χ1n) is 9.90. The first-order chi connectivity index (χ1) is 13.7. The van der Waals surface area contributed by atoms with Crippen LogP contribution in [0.15, 0.2) is 48.8 Å². The van der Waals surface area contributed by atoms with E-state index in [2.05, 4.69) is 5.10 Å². The number of hydrogen-bond acceptors (Lipinski definition) is 4. The lowest BCUT2D eigenvalue weighted by Crippen LogP contribution is -2.36.